The first-order chi connectivity index (χ1) is 7.66. The molecule has 1 aromatic rings. The molecule has 1 aromatic carbocycles. The zero-order chi connectivity index (χ0) is 12.0. The first kappa shape index (κ1) is 12.7. The Morgan fingerprint density at radius 3 is 2.75 bits per heavy atom. The Bertz CT molecular complexity index is 361. The molecule has 0 unspecified atom stereocenters. The topological polar surface area (TPSA) is 26.3 Å². The van der Waals surface area contributed by atoms with Crippen LogP contribution in [0.15, 0.2) is 18.2 Å². The number of hydrogen-bond donors (Lipinski definition) is 0. The Morgan fingerprint density at radius 2 is 2.12 bits per heavy atom. The third kappa shape index (κ3) is 3.33. The number of halogens is 1. The number of carbonyl (C=O) groups is 1. The fourth-order valence-corrected chi connectivity index (χ4v) is 1.46. The zero-order valence-corrected chi connectivity index (χ0v) is 9.75. The van der Waals surface area contributed by atoms with Crippen LogP contribution in [0.5, 0.6) is 5.75 Å². The van der Waals surface area contributed by atoms with Crippen LogP contribution in [0.1, 0.15) is 43.5 Å². The van der Waals surface area contributed by atoms with Crippen LogP contribution in [0.4, 0.5) is 4.39 Å². The lowest BCUT2D eigenvalue weighted by atomic mass is 10.1. The summed E-state index contributed by atoms with van der Waals surface area (Å²) in [7, 11) is 0. The van der Waals surface area contributed by atoms with Crippen molar-refractivity contribution < 1.29 is 13.9 Å². The number of carbonyl (C=O) groups excluding carboxylic acids is 1. The minimum Gasteiger partial charge on any atom is -0.490 e. The van der Waals surface area contributed by atoms with E-state index >= 15 is 0 Å². The monoisotopic (exact) mass is 224 g/mol. The number of rotatable bonds is 6. The van der Waals surface area contributed by atoms with Gasteiger partial charge in [0.1, 0.15) is 0 Å². The molecule has 0 aromatic heterocycles. The SMILES string of the molecule is CCCCCOc1c(F)cccc1C(C)=O. The molecule has 88 valence electrons. The number of hydrogen-bond acceptors (Lipinski definition) is 2. The average molecular weight is 224 g/mol. The molecular formula is C13H17FO2. The summed E-state index contributed by atoms with van der Waals surface area (Å²) in [6.07, 6.45) is 3.01. The zero-order valence-electron chi connectivity index (χ0n) is 9.75. The van der Waals surface area contributed by atoms with Crippen molar-refractivity contribution in [2.24, 2.45) is 0 Å². The van der Waals surface area contributed by atoms with Gasteiger partial charge in [0.2, 0.25) is 0 Å². The van der Waals surface area contributed by atoms with Gasteiger partial charge in [0.05, 0.1) is 12.2 Å². The molecule has 0 saturated carbocycles. The molecule has 0 aliphatic rings. The minimum absolute atomic E-state index is 0.0890. The molecule has 0 heterocycles. The van der Waals surface area contributed by atoms with Crippen LogP contribution < -0.4 is 4.74 Å². The van der Waals surface area contributed by atoms with Crippen molar-refractivity contribution in [3.8, 4) is 5.75 Å². The highest BCUT2D eigenvalue weighted by atomic mass is 19.1. The van der Waals surface area contributed by atoms with E-state index in [4.69, 9.17) is 4.74 Å². The van der Waals surface area contributed by atoms with Gasteiger partial charge in [-0.1, -0.05) is 25.8 Å². The van der Waals surface area contributed by atoms with Crippen LogP contribution in [-0.2, 0) is 0 Å². The first-order valence-electron chi connectivity index (χ1n) is 5.59. The molecule has 16 heavy (non-hydrogen) atoms. The van der Waals surface area contributed by atoms with E-state index < -0.39 is 5.82 Å². The highest BCUT2D eigenvalue weighted by Gasteiger charge is 2.12. The summed E-state index contributed by atoms with van der Waals surface area (Å²) in [5, 5.41) is 0. The van der Waals surface area contributed by atoms with Gasteiger partial charge >= 0.3 is 0 Å². The number of unbranched alkanes of at least 4 members (excludes halogenated alkanes) is 2. The molecule has 2 nitrogen and oxygen atoms in total. The van der Waals surface area contributed by atoms with E-state index in [1.165, 1.54) is 19.1 Å². The van der Waals surface area contributed by atoms with Crippen molar-refractivity contribution in [3.63, 3.8) is 0 Å². The molecule has 0 spiro atoms. The number of para-hydroxylation sites is 1. The van der Waals surface area contributed by atoms with Gasteiger partial charge in [-0.3, -0.25) is 4.79 Å². The van der Waals surface area contributed by atoms with Crippen LogP contribution in [0.25, 0.3) is 0 Å². The summed E-state index contributed by atoms with van der Waals surface area (Å²) in [6.45, 7) is 3.95. The van der Waals surface area contributed by atoms with Gasteiger partial charge in [0.25, 0.3) is 0 Å². The molecule has 0 amide bonds. The quantitative estimate of drug-likeness (QED) is 0.545. The van der Waals surface area contributed by atoms with Crippen molar-refractivity contribution in [3.05, 3.63) is 29.6 Å². The highest BCUT2D eigenvalue weighted by molar-refractivity contribution is 5.96. The van der Waals surface area contributed by atoms with Crippen LogP contribution in [-0.4, -0.2) is 12.4 Å². The number of ketones is 1. The van der Waals surface area contributed by atoms with E-state index in [-0.39, 0.29) is 11.5 Å². The molecule has 0 aliphatic carbocycles. The van der Waals surface area contributed by atoms with E-state index in [2.05, 4.69) is 6.92 Å². The second-order valence-electron chi connectivity index (χ2n) is 3.73. The molecule has 0 saturated heterocycles. The van der Waals surface area contributed by atoms with E-state index in [1.807, 2.05) is 0 Å². The summed E-state index contributed by atoms with van der Waals surface area (Å²) < 4.78 is 18.8. The van der Waals surface area contributed by atoms with Gasteiger partial charge in [0.15, 0.2) is 17.3 Å². The standard InChI is InChI=1S/C13H17FO2/c1-3-4-5-9-16-13-11(10(2)15)7-6-8-12(13)14/h6-8H,3-5,9H2,1-2H3. The summed E-state index contributed by atoms with van der Waals surface area (Å²) >= 11 is 0. The van der Waals surface area contributed by atoms with Gasteiger partial charge in [-0.05, 0) is 25.5 Å². The second-order valence-corrected chi connectivity index (χ2v) is 3.73. The number of Topliss-reactive ketones (excluding diaryl/α,β-unsaturated/α-hetero) is 1. The fourth-order valence-electron chi connectivity index (χ4n) is 1.46. The van der Waals surface area contributed by atoms with Gasteiger partial charge in [-0.25, -0.2) is 4.39 Å². The molecular weight excluding hydrogens is 207 g/mol. The summed E-state index contributed by atoms with van der Waals surface area (Å²) in [5.74, 6) is -0.555. The van der Waals surface area contributed by atoms with Gasteiger partial charge < -0.3 is 4.74 Å². The van der Waals surface area contributed by atoms with Gasteiger partial charge in [0, 0.05) is 0 Å². The molecule has 0 N–H and O–H groups in total. The maximum Gasteiger partial charge on any atom is 0.165 e. The van der Waals surface area contributed by atoms with Crippen molar-refractivity contribution in [2.45, 2.75) is 33.1 Å². The molecule has 0 atom stereocenters. The van der Waals surface area contributed by atoms with Crippen molar-refractivity contribution >= 4 is 5.78 Å². The Balaban J connectivity index is 2.73. The maximum absolute atomic E-state index is 13.4. The predicted molar refractivity (Wildman–Crippen MR) is 61.4 cm³/mol. The third-order valence-corrected chi connectivity index (χ3v) is 2.34. The van der Waals surface area contributed by atoms with Gasteiger partial charge in [-0.15, -0.1) is 0 Å². The summed E-state index contributed by atoms with van der Waals surface area (Å²) in [5.41, 5.74) is 0.316. The summed E-state index contributed by atoms with van der Waals surface area (Å²) in [4.78, 5) is 11.3. The van der Waals surface area contributed by atoms with Crippen molar-refractivity contribution in [1.82, 2.24) is 0 Å². The smallest absolute Gasteiger partial charge is 0.165 e. The minimum atomic E-state index is -0.468. The Labute approximate surface area is 95.4 Å². The normalized spacial score (nSPS) is 10.2. The fraction of sp³-hybridized carbons (Fsp3) is 0.462. The van der Waals surface area contributed by atoms with E-state index in [0.717, 1.165) is 19.3 Å². The van der Waals surface area contributed by atoms with Crippen LogP contribution in [0.2, 0.25) is 0 Å². The van der Waals surface area contributed by atoms with E-state index in [0.29, 0.717) is 12.2 Å². The highest BCUT2D eigenvalue weighted by Crippen LogP contribution is 2.23. The van der Waals surface area contributed by atoms with Crippen LogP contribution in [0.3, 0.4) is 0 Å². The maximum atomic E-state index is 13.4. The lowest BCUT2D eigenvalue weighted by Gasteiger charge is -2.10. The molecule has 0 radical (unpaired) electrons. The first-order valence-corrected chi connectivity index (χ1v) is 5.59. The number of benzene rings is 1. The lowest BCUT2D eigenvalue weighted by molar-refractivity contribution is 0.101. The van der Waals surface area contributed by atoms with Gasteiger partial charge in [-0.2, -0.15) is 0 Å². The second kappa shape index (κ2) is 6.26. The van der Waals surface area contributed by atoms with E-state index in [9.17, 15) is 9.18 Å². The third-order valence-electron chi connectivity index (χ3n) is 2.34. The Morgan fingerprint density at radius 1 is 1.38 bits per heavy atom. The molecule has 0 fully saturated rings. The van der Waals surface area contributed by atoms with Crippen molar-refractivity contribution in [2.75, 3.05) is 6.61 Å². The predicted octanol–water partition coefficient (Wildman–Crippen LogP) is 3.60. The largest absolute Gasteiger partial charge is 0.490 e. The molecule has 1 rings (SSSR count). The Hall–Kier alpha value is -1.38. The van der Waals surface area contributed by atoms with E-state index in [1.54, 1.807) is 6.07 Å². The van der Waals surface area contributed by atoms with Crippen LogP contribution in [0, 0.1) is 5.82 Å². The van der Waals surface area contributed by atoms with Crippen molar-refractivity contribution in [1.29, 1.82) is 0 Å². The molecule has 0 aliphatic heterocycles. The Kier molecular flexibility index (Phi) is 4.96. The number of ether oxygens (including phenoxy) is 1. The summed E-state index contributed by atoms with van der Waals surface area (Å²) in [6, 6.07) is 4.41. The molecule has 0 bridgehead atoms. The average Bonchev–Trinajstić information content (AvgIpc) is 2.25. The van der Waals surface area contributed by atoms with Crippen LogP contribution >= 0.6 is 0 Å². The lowest BCUT2D eigenvalue weighted by Crippen LogP contribution is -2.04. The molecule has 3 heteroatoms.